The van der Waals surface area contributed by atoms with Crippen LogP contribution in [0.1, 0.15) is 17.0 Å². The van der Waals surface area contributed by atoms with Gasteiger partial charge in [0.2, 0.25) is 0 Å². The average molecular weight is 415 g/mol. The van der Waals surface area contributed by atoms with Gasteiger partial charge in [-0.15, -0.1) is 11.8 Å². The van der Waals surface area contributed by atoms with Gasteiger partial charge in [-0.25, -0.2) is 0 Å². The molecule has 0 bridgehead atoms. The second kappa shape index (κ2) is 7.27. The van der Waals surface area contributed by atoms with Crippen LogP contribution < -0.4 is 0 Å². The molecule has 0 fully saturated rings. The Morgan fingerprint density at radius 2 is 1.61 bits per heavy atom. The van der Waals surface area contributed by atoms with Crippen LogP contribution in [0.3, 0.4) is 0 Å². The number of nitriles is 1. The highest BCUT2D eigenvalue weighted by Gasteiger charge is 2.33. The monoisotopic (exact) mass is 414 g/mol. The van der Waals surface area contributed by atoms with Gasteiger partial charge in [-0.3, -0.25) is 4.98 Å². The average Bonchev–Trinajstić information content (AvgIpc) is 3.22. The molecule has 2 unspecified atom stereocenters. The van der Waals surface area contributed by atoms with Crippen molar-refractivity contribution in [3.05, 3.63) is 108 Å². The van der Waals surface area contributed by atoms with Crippen molar-refractivity contribution >= 4 is 22.5 Å². The van der Waals surface area contributed by atoms with Crippen molar-refractivity contribution in [2.75, 3.05) is 0 Å². The fourth-order valence-corrected chi connectivity index (χ4v) is 6.03. The van der Waals surface area contributed by atoms with E-state index in [4.69, 9.17) is 5.26 Å². The van der Waals surface area contributed by atoms with Crippen LogP contribution in [0.25, 0.3) is 33.2 Å². The second-order valence-corrected chi connectivity index (χ2v) is 9.10. The van der Waals surface area contributed by atoms with Gasteiger partial charge in [0, 0.05) is 27.8 Å². The smallest absolute Gasteiger partial charge is 0.0992 e. The van der Waals surface area contributed by atoms with E-state index in [0.717, 1.165) is 11.3 Å². The molecule has 2 aliphatic rings. The number of nitrogens with zero attached hydrogens (tertiary/aromatic N) is 2. The summed E-state index contributed by atoms with van der Waals surface area (Å²) < 4.78 is 0. The van der Waals surface area contributed by atoms with E-state index in [9.17, 15) is 0 Å². The minimum Gasteiger partial charge on any atom is -0.256 e. The molecule has 1 aliphatic heterocycles. The molecule has 0 N–H and O–H groups in total. The van der Waals surface area contributed by atoms with E-state index in [1.54, 1.807) is 12.3 Å². The summed E-state index contributed by atoms with van der Waals surface area (Å²) in [4.78, 5) is 5.81. The Morgan fingerprint density at radius 1 is 0.839 bits per heavy atom. The first-order valence-corrected chi connectivity index (χ1v) is 11.2. The lowest BCUT2D eigenvalue weighted by Crippen LogP contribution is -2.07. The molecular formula is C28H18N2S. The first kappa shape index (κ1) is 18.2. The Hall–Kier alpha value is -3.61. The number of rotatable bonds is 2. The van der Waals surface area contributed by atoms with Crippen LogP contribution in [0.15, 0.2) is 102 Å². The van der Waals surface area contributed by atoms with Gasteiger partial charge < -0.3 is 0 Å². The minimum atomic E-state index is 0.449. The van der Waals surface area contributed by atoms with Gasteiger partial charge in [-0.05, 0) is 45.7 Å². The van der Waals surface area contributed by atoms with Gasteiger partial charge in [0.25, 0.3) is 0 Å². The molecule has 6 rings (SSSR count). The maximum atomic E-state index is 9.17. The molecule has 2 nitrogen and oxygen atoms in total. The predicted molar refractivity (Wildman–Crippen MR) is 128 cm³/mol. The molecule has 0 amide bonds. The third kappa shape index (κ3) is 3.00. The lowest BCUT2D eigenvalue weighted by Gasteiger charge is -2.17. The predicted octanol–water partition coefficient (Wildman–Crippen LogP) is 7.12. The Kier molecular flexibility index (Phi) is 4.26. The van der Waals surface area contributed by atoms with Crippen molar-refractivity contribution in [2.45, 2.75) is 16.1 Å². The number of aromatic nitrogens is 1. The Labute approximate surface area is 185 Å². The molecule has 1 aromatic heterocycles. The number of pyridine rings is 1. The fraction of sp³-hybridized carbons (Fsp3) is 0.0714. The second-order valence-electron chi connectivity index (χ2n) is 7.88. The van der Waals surface area contributed by atoms with E-state index in [-0.39, 0.29) is 0 Å². The summed E-state index contributed by atoms with van der Waals surface area (Å²) in [6.07, 6.45) is 10.7. The van der Waals surface area contributed by atoms with Crippen LogP contribution in [0.2, 0.25) is 0 Å². The van der Waals surface area contributed by atoms with E-state index < -0.39 is 0 Å². The molecule has 2 atom stereocenters. The van der Waals surface area contributed by atoms with E-state index in [0.29, 0.717) is 16.7 Å². The molecule has 0 spiro atoms. The van der Waals surface area contributed by atoms with Crippen molar-refractivity contribution in [2.24, 2.45) is 0 Å². The maximum Gasteiger partial charge on any atom is 0.0992 e. The first-order valence-electron chi connectivity index (χ1n) is 10.4. The number of allylic oxidation sites excluding steroid dienone is 3. The largest absolute Gasteiger partial charge is 0.256 e. The molecule has 146 valence electrons. The van der Waals surface area contributed by atoms with E-state index in [1.807, 2.05) is 17.8 Å². The van der Waals surface area contributed by atoms with Gasteiger partial charge >= 0.3 is 0 Å². The number of benzene rings is 3. The Bertz CT molecular complexity index is 1420. The lowest BCUT2D eigenvalue weighted by atomic mass is 9.86. The summed E-state index contributed by atoms with van der Waals surface area (Å²) in [7, 11) is 0. The van der Waals surface area contributed by atoms with Gasteiger partial charge in [0.1, 0.15) is 0 Å². The Balaban J connectivity index is 1.47. The van der Waals surface area contributed by atoms with Gasteiger partial charge in [-0.1, -0.05) is 72.8 Å². The fourth-order valence-electron chi connectivity index (χ4n) is 4.64. The van der Waals surface area contributed by atoms with Crippen LogP contribution in [-0.4, -0.2) is 10.2 Å². The van der Waals surface area contributed by atoms with Crippen LogP contribution in [0.4, 0.5) is 0 Å². The quantitative estimate of drug-likeness (QED) is 0.350. The van der Waals surface area contributed by atoms with Crippen molar-refractivity contribution in [3.63, 3.8) is 0 Å². The number of hydrogen-bond donors (Lipinski definition) is 0. The molecular weight excluding hydrogens is 396 g/mol. The zero-order valence-electron chi connectivity index (χ0n) is 16.7. The summed E-state index contributed by atoms with van der Waals surface area (Å²) in [5, 5.41) is 12.3. The SMILES string of the molecule is N#Cc1ccnc(-c2ccc(-c3cc4c(c5ccccc35)C3C=CC=CC3S4)cc2)c1. The number of fused-ring (bicyclic) bond motifs is 5. The summed E-state index contributed by atoms with van der Waals surface area (Å²) in [6, 6.07) is 25.4. The van der Waals surface area contributed by atoms with E-state index in [1.165, 1.54) is 32.4 Å². The van der Waals surface area contributed by atoms with Crippen LogP contribution in [0, 0.1) is 11.3 Å². The molecule has 4 aromatic rings. The molecule has 1 aliphatic carbocycles. The topological polar surface area (TPSA) is 36.7 Å². The van der Waals surface area contributed by atoms with E-state index in [2.05, 4.69) is 90.0 Å². The highest BCUT2D eigenvalue weighted by molar-refractivity contribution is 8.00. The molecule has 2 heterocycles. The molecule has 3 heteroatoms. The summed E-state index contributed by atoms with van der Waals surface area (Å²) in [6.45, 7) is 0. The zero-order valence-corrected chi connectivity index (χ0v) is 17.5. The van der Waals surface area contributed by atoms with Gasteiger partial charge in [0.05, 0.1) is 17.3 Å². The van der Waals surface area contributed by atoms with Crippen molar-refractivity contribution < 1.29 is 0 Å². The summed E-state index contributed by atoms with van der Waals surface area (Å²) >= 11 is 1.97. The number of hydrogen-bond acceptors (Lipinski definition) is 3. The zero-order chi connectivity index (χ0) is 20.8. The van der Waals surface area contributed by atoms with Gasteiger partial charge in [-0.2, -0.15) is 5.26 Å². The highest BCUT2D eigenvalue weighted by Crippen LogP contribution is 2.52. The highest BCUT2D eigenvalue weighted by atomic mass is 32.2. The van der Waals surface area contributed by atoms with Crippen LogP contribution >= 0.6 is 11.8 Å². The summed E-state index contributed by atoms with van der Waals surface area (Å²) in [5.41, 5.74) is 6.38. The standard InChI is InChI=1S/C28H18N2S/c29-17-18-13-14-30-25(15-18)20-11-9-19(10-12-20)24-16-27-28(22-6-2-1-5-21(22)24)23-7-3-4-8-26(23)31-27/h1-16,23,26H. The molecule has 0 saturated heterocycles. The molecule has 0 radical (unpaired) electrons. The Morgan fingerprint density at radius 3 is 2.45 bits per heavy atom. The van der Waals surface area contributed by atoms with Crippen LogP contribution in [-0.2, 0) is 0 Å². The van der Waals surface area contributed by atoms with Crippen LogP contribution in [0.5, 0.6) is 0 Å². The maximum absolute atomic E-state index is 9.17. The summed E-state index contributed by atoms with van der Waals surface area (Å²) in [5.74, 6) is 0.449. The van der Waals surface area contributed by atoms with Crippen molar-refractivity contribution in [1.82, 2.24) is 4.98 Å². The van der Waals surface area contributed by atoms with Gasteiger partial charge in [0.15, 0.2) is 0 Å². The van der Waals surface area contributed by atoms with E-state index >= 15 is 0 Å². The lowest BCUT2D eigenvalue weighted by molar-refractivity contribution is 0.890. The molecule has 31 heavy (non-hydrogen) atoms. The molecule has 3 aromatic carbocycles. The first-order chi connectivity index (χ1) is 15.3. The third-order valence-electron chi connectivity index (χ3n) is 6.11. The molecule has 0 saturated carbocycles. The minimum absolute atomic E-state index is 0.449. The normalized spacial score (nSPS) is 18.5. The van der Waals surface area contributed by atoms with Crippen molar-refractivity contribution in [1.29, 1.82) is 5.26 Å². The number of thioether (sulfide) groups is 1. The third-order valence-corrected chi connectivity index (χ3v) is 7.42. The van der Waals surface area contributed by atoms with Crippen molar-refractivity contribution in [3.8, 4) is 28.5 Å².